The summed E-state index contributed by atoms with van der Waals surface area (Å²) >= 11 is 0. The second-order valence-electron chi connectivity index (χ2n) is 3.98. The quantitative estimate of drug-likeness (QED) is 0.658. The third kappa shape index (κ3) is 3.01. The van der Waals surface area contributed by atoms with Crippen molar-refractivity contribution in [2.45, 2.75) is 18.7 Å². The van der Waals surface area contributed by atoms with Crippen molar-refractivity contribution >= 4 is 29.6 Å². The summed E-state index contributed by atoms with van der Waals surface area (Å²) in [5, 5.41) is 21.3. The molecule has 2 rings (SSSR count). The molecule has 0 bridgehead atoms. The van der Waals surface area contributed by atoms with E-state index in [-0.39, 0.29) is 18.8 Å². The Morgan fingerprint density at radius 3 is 2.78 bits per heavy atom. The number of aliphatic hydroxyl groups excluding tert-OH is 1. The van der Waals surface area contributed by atoms with E-state index in [1.54, 1.807) is 6.08 Å². The largest absolute Gasteiger partial charge is 0.480 e. The summed E-state index contributed by atoms with van der Waals surface area (Å²) in [6.07, 6.45) is 0.983. The van der Waals surface area contributed by atoms with Crippen LogP contribution in [0.15, 0.2) is 30.3 Å². The van der Waals surface area contributed by atoms with Crippen LogP contribution in [0.4, 0.5) is 5.69 Å². The molecule has 1 heterocycles. The Hall–Kier alpha value is -1.56. The van der Waals surface area contributed by atoms with Crippen LogP contribution in [0.25, 0.3) is 5.57 Å². The van der Waals surface area contributed by atoms with Crippen LogP contribution in [0.1, 0.15) is 12.0 Å². The van der Waals surface area contributed by atoms with Crippen LogP contribution in [0.3, 0.4) is 0 Å². The standard InChI is InChI=1S/C12H14N2O3.ClH/c13-9(12(16)17)5-7-6-11(15)14-10-4-2-1-3-8(7)10;/h1-4,6,9,11,14-15H,5,13H2,(H,16,17);1H. The number of anilines is 1. The smallest absolute Gasteiger partial charge is 0.320 e. The predicted octanol–water partition coefficient (Wildman–Crippen LogP) is 1.04. The third-order valence-corrected chi connectivity index (χ3v) is 2.69. The average molecular weight is 271 g/mol. The minimum atomic E-state index is -1.04. The monoisotopic (exact) mass is 270 g/mol. The minimum absolute atomic E-state index is 0. The van der Waals surface area contributed by atoms with Crippen molar-refractivity contribution in [3.8, 4) is 0 Å². The summed E-state index contributed by atoms with van der Waals surface area (Å²) in [7, 11) is 0. The summed E-state index contributed by atoms with van der Waals surface area (Å²) in [6, 6.07) is 6.45. The Kier molecular flexibility index (Phi) is 4.72. The van der Waals surface area contributed by atoms with Crippen LogP contribution in [-0.2, 0) is 4.79 Å². The molecule has 6 heteroatoms. The second kappa shape index (κ2) is 5.86. The molecule has 2 unspecified atom stereocenters. The van der Waals surface area contributed by atoms with E-state index < -0.39 is 18.2 Å². The van der Waals surface area contributed by atoms with Gasteiger partial charge >= 0.3 is 5.97 Å². The van der Waals surface area contributed by atoms with E-state index in [2.05, 4.69) is 5.32 Å². The molecule has 1 aliphatic rings. The van der Waals surface area contributed by atoms with E-state index in [1.807, 2.05) is 24.3 Å². The molecule has 1 aromatic rings. The van der Waals surface area contributed by atoms with Gasteiger partial charge in [0.15, 0.2) is 0 Å². The number of halogens is 1. The van der Waals surface area contributed by atoms with Crippen molar-refractivity contribution in [1.29, 1.82) is 0 Å². The van der Waals surface area contributed by atoms with Crippen molar-refractivity contribution in [1.82, 2.24) is 0 Å². The van der Waals surface area contributed by atoms with Crippen LogP contribution in [0.2, 0.25) is 0 Å². The maximum Gasteiger partial charge on any atom is 0.320 e. The van der Waals surface area contributed by atoms with Crippen LogP contribution in [-0.4, -0.2) is 28.5 Å². The van der Waals surface area contributed by atoms with Crippen molar-refractivity contribution < 1.29 is 15.0 Å². The predicted molar refractivity (Wildman–Crippen MR) is 71.5 cm³/mol. The zero-order valence-electron chi connectivity index (χ0n) is 9.54. The van der Waals surface area contributed by atoms with Gasteiger partial charge in [-0.15, -0.1) is 12.4 Å². The first kappa shape index (κ1) is 14.5. The van der Waals surface area contributed by atoms with Gasteiger partial charge in [-0.1, -0.05) is 18.2 Å². The maximum absolute atomic E-state index is 10.7. The third-order valence-electron chi connectivity index (χ3n) is 2.69. The highest BCUT2D eigenvalue weighted by Gasteiger charge is 2.21. The first-order valence-electron chi connectivity index (χ1n) is 5.31. The normalized spacial score (nSPS) is 18.8. The van der Waals surface area contributed by atoms with Gasteiger partial charge in [0.25, 0.3) is 0 Å². The van der Waals surface area contributed by atoms with Crippen molar-refractivity contribution in [2.24, 2.45) is 5.73 Å². The molecule has 98 valence electrons. The van der Waals surface area contributed by atoms with Gasteiger partial charge in [-0.2, -0.15) is 0 Å². The minimum Gasteiger partial charge on any atom is -0.480 e. The molecular weight excluding hydrogens is 256 g/mol. The molecule has 0 fully saturated rings. The molecular formula is C12H15ClN2O3. The lowest BCUT2D eigenvalue weighted by Gasteiger charge is -2.24. The first-order valence-corrected chi connectivity index (χ1v) is 5.31. The van der Waals surface area contributed by atoms with Gasteiger partial charge in [-0.05, 0) is 24.1 Å². The number of carbonyl (C=O) groups is 1. The zero-order valence-corrected chi connectivity index (χ0v) is 10.4. The van der Waals surface area contributed by atoms with Gasteiger partial charge in [-0.25, -0.2) is 0 Å². The lowest BCUT2D eigenvalue weighted by atomic mass is 9.94. The van der Waals surface area contributed by atoms with Gasteiger partial charge in [-0.3, -0.25) is 4.79 Å². The first-order chi connectivity index (χ1) is 8.08. The maximum atomic E-state index is 10.7. The summed E-state index contributed by atoms with van der Waals surface area (Å²) in [4.78, 5) is 10.7. The fraction of sp³-hybridized carbons (Fsp3) is 0.250. The number of aliphatic carboxylic acids is 1. The summed E-state index contributed by atoms with van der Waals surface area (Å²) < 4.78 is 0. The average Bonchev–Trinajstić information content (AvgIpc) is 2.28. The molecule has 0 radical (unpaired) electrons. The highest BCUT2D eigenvalue weighted by Crippen LogP contribution is 2.31. The number of benzene rings is 1. The molecule has 0 saturated carbocycles. The van der Waals surface area contributed by atoms with E-state index >= 15 is 0 Å². The Morgan fingerprint density at radius 1 is 1.44 bits per heavy atom. The van der Waals surface area contributed by atoms with Crippen molar-refractivity contribution in [3.05, 3.63) is 35.9 Å². The molecule has 0 aromatic heterocycles. The van der Waals surface area contributed by atoms with Gasteiger partial charge in [0, 0.05) is 11.3 Å². The highest BCUT2D eigenvalue weighted by atomic mass is 35.5. The Balaban J connectivity index is 0.00000162. The zero-order chi connectivity index (χ0) is 12.4. The molecule has 0 amide bonds. The van der Waals surface area contributed by atoms with Crippen LogP contribution >= 0.6 is 12.4 Å². The number of aliphatic hydroxyl groups is 1. The summed E-state index contributed by atoms with van der Waals surface area (Å²) in [5.41, 5.74) is 7.93. The molecule has 0 saturated heterocycles. The fourth-order valence-electron chi connectivity index (χ4n) is 1.87. The van der Waals surface area contributed by atoms with E-state index in [0.29, 0.717) is 0 Å². The number of carboxylic acid groups (broad SMARTS) is 1. The molecule has 0 aliphatic carbocycles. The van der Waals surface area contributed by atoms with E-state index in [4.69, 9.17) is 10.8 Å². The van der Waals surface area contributed by atoms with E-state index in [0.717, 1.165) is 16.8 Å². The number of hydrogen-bond donors (Lipinski definition) is 4. The fourth-order valence-corrected chi connectivity index (χ4v) is 1.87. The van der Waals surface area contributed by atoms with Gasteiger partial charge in [0.2, 0.25) is 0 Å². The highest BCUT2D eigenvalue weighted by molar-refractivity contribution is 5.85. The number of carboxylic acids is 1. The Morgan fingerprint density at radius 2 is 2.11 bits per heavy atom. The molecule has 5 nitrogen and oxygen atoms in total. The number of rotatable bonds is 3. The van der Waals surface area contributed by atoms with E-state index in [9.17, 15) is 9.90 Å². The number of nitrogens with two attached hydrogens (primary N) is 1. The molecule has 5 N–H and O–H groups in total. The molecule has 1 aromatic carbocycles. The van der Waals surface area contributed by atoms with Crippen molar-refractivity contribution in [3.63, 3.8) is 0 Å². The van der Waals surface area contributed by atoms with E-state index in [1.165, 1.54) is 0 Å². The summed E-state index contributed by atoms with van der Waals surface area (Å²) in [5.74, 6) is -1.04. The van der Waals surface area contributed by atoms with Crippen LogP contribution in [0, 0.1) is 0 Å². The molecule has 0 spiro atoms. The number of hydrogen-bond acceptors (Lipinski definition) is 4. The van der Waals surface area contributed by atoms with Gasteiger partial charge < -0.3 is 21.3 Å². The topological polar surface area (TPSA) is 95.6 Å². The van der Waals surface area contributed by atoms with Gasteiger partial charge in [0.1, 0.15) is 12.3 Å². The van der Waals surface area contributed by atoms with Gasteiger partial charge in [0.05, 0.1) is 0 Å². The second-order valence-corrected chi connectivity index (χ2v) is 3.98. The number of nitrogens with one attached hydrogen (secondary N) is 1. The Bertz CT molecular complexity index is 476. The molecule has 2 atom stereocenters. The Labute approximate surface area is 111 Å². The number of para-hydroxylation sites is 1. The van der Waals surface area contributed by atoms with Crippen molar-refractivity contribution in [2.75, 3.05) is 5.32 Å². The summed E-state index contributed by atoms with van der Waals surface area (Å²) in [6.45, 7) is 0. The van der Waals surface area contributed by atoms with Crippen LogP contribution in [0.5, 0.6) is 0 Å². The SMILES string of the molecule is Cl.NC(CC1=CC(O)Nc2ccccc21)C(=O)O. The molecule has 1 aliphatic heterocycles. The van der Waals surface area contributed by atoms with Crippen LogP contribution < -0.4 is 11.1 Å². The lowest BCUT2D eigenvalue weighted by Crippen LogP contribution is -2.31. The lowest BCUT2D eigenvalue weighted by molar-refractivity contribution is -0.138. The number of fused-ring (bicyclic) bond motifs is 1. The molecule has 18 heavy (non-hydrogen) atoms.